The van der Waals surface area contributed by atoms with Crippen molar-refractivity contribution in [3.8, 4) is 0 Å². The second-order valence-electron chi connectivity index (χ2n) is 9.60. The smallest absolute Gasteiger partial charge is 0.376 e. The maximum absolute atomic E-state index is 14.9. The second-order valence-corrected chi connectivity index (χ2v) is 9.60. The first-order valence-corrected chi connectivity index (χ1v) is 10.9. The standard InChI is InChI=1S/C26H27F7N2/c1-13-7-8-18(11-19(13)15(3)34-12-25(28,29)30)35-16(4)21-22(24(21,5)6)20-10-17(26(31,32)33)9-14(2)23(20)27/h7-11,21-22,34-35H,3-4,12H2,1-2,5-6H3. The van der Waals surface area contributed by atoms with Crippen LogP contribution in [0.1, 0.15) is 47.6 Å². The lowest BCUT2D eigenvalue weighted by molar-refractivity contribution is -0.137. The van der Waals surface area contributed by atoms with E-state index in [0.29, 0.717) is 22.5 Å². The van der Waals surface area contributed by atoms with Crippen LogP contribution >= 0.6 is 0 Å². The molecule has 1 aliphatic carbocycles. The molecule has 0 aromatic heterocycles. The summed E-state index contributed by atoms with van der Waals surface area (Å²) in [6.07, 6.45) is -9.00. The number of benzene rings is 2. The van der Waals surface area contributed by atoms with Gasteiger partial charge in [-0.15, -0.1) is 0 Å². The number of nitrogens with one attached hydrogen (secondary N) is 2. The second kappa shape index (κ2) is 8.91. The molecule has 9 heteroatoms. The Morgan fingerprint density at radius 3 is 2.17 bits per heavy atom. The number of hydrogen-bond donors (Lipinski definition) is 2. The van der Waals surface area contributed by atoms with Crippen molar-refractivity contribution in [2.75, 3.05) is 11.9 Å². The third kappa shape index (κ3) is 5.65. The van der Waals surface area contributed by atoms with Crippen molar-refractivity contribution in [2.45, 2.75) is 46.0 Å². The number of hydrogen-bond acceptors (Lipinski definition) is 2. The minimum Gasteiger partial charge on any atom is -0.376 e. The van der Waals surface area contributed by atoms with Gasteiger partial charge in [0.25, 0.3) is 0 Å². The van der Waals surface area contributed by atoms with Crippen molar-refractivity contribution in [1.29, 1.82) is 0 Å². The Kier molecular flexibility index (Phi) is 6.78. The van der Waals surface area contributed by atoms with E-state index in [-0.39, 0.29) is 22.7 Å². The summed E-state index contributed by atoms with van der Waals surface area (Å²) in [7, 11) is 0. The van der Waals surface area contributed by atoms with Crippen LogP contribution in [0.3, 0.4) is 0 Å². The maximum atomic E-state index is 14.9. The summed E-state index contributed by atoms with van der Waals surface area (Å²) in [6.45, 7) is 13.2. The van der Waals surface area contributed by atoms with Crippen LogP contribution in [-0.4, -0.2) is 12.7 Å². The van der Waals surface area contributed by atoms with E-state index in [2.05, 4.69) is 23.8 Å². The summed E-state index contributed by atoms with van der Waals surface area (Å²) < 4.78 is 92.5. The molecule has 3 rings (SSSR count). The Bertz CT molecular complexity index is 1160. The molecule has 35 heavy (non-hydrogen) atoms. The number of alkyl halides is 6. The van der Waals surface area contributed by atoms with Gasteiger partial charge >= 0.3 is 12.4 Å². The fraction of sp³-hybridized carbons (Fsp3) is 0.385. The number of aryl methyl sites for hydroxylation is 2. The van der Waals surface area contributed by atoms with E-state index < -0.39 is 41.6 Å². The number of rotatable bonds is 7. The third-order valence-corrected chi connectivity index (χ3v) is 6.52. The minimum absolute atomic E-state index is 0.00963. The predicted octanol–water partition coefficient (Wildman–Crippen LogP) is 7.95. The number of halogens is 7. The van der Waals surface area contributed by atoms with Crippen LogP contribution in [0, 0.1) is 31.0 Å². The van der Waals surface area contributed by atoms with Crippen LogP contribution < -0.4 is 10.6 Å². The first-order valence-electron chi connectivity index (χ1n) is 10.9. The van der Waals surface area contributed by atoms with Gasteiger partial charge in [0.05, 0.1) is 5.56 Å². The monoisotopic (exact) mass is 500 g/mol. The number of allylic oxidation sites excluding steroid dienone is 1. The number of anilines is 1. The zero-order valence-electron chi connectivity index (χ0n) is 19.8. The van der Waals surface area contributed by atoms with Gasteiger partial charge in [-0.3, -0.25) is 0 Å². The van der Waals surface area contributed by atoms with Crippen LogP contribution in [0.2, 0.25) is 0 Å². The fourth-order valence-electron chi connectivity index (χ4n) is 4.65. The first-order chi connectivity index (χ1) is 15.9. The normalized spacial score (nSPS) is 19.3. The average Bonchev–Trinajstić information content (AvgIpc) is 3.29. The molecular formula is C26H27F7N2. The summed E-state index contributed by atoms with van der Waals surface area (Å²) in [6, 6.07) is 6.69. The van der Waals surface area contributed by atoms with E-state index >= 15 is 0 Å². The zero-order chi connectivity index (χ0) is 26.5. The molecule has 1 saturated carbocycles. The first kappa shape index (κ1) is 26.6. The highest BCUT2D eigenvalue weighted by Gasteiger charge is 2.60. The van der Waals surface area contributed by atoms with Crippen molar-refractivity contribution >= 4 is 11.4 Å². The van der Waals surface area contributed by atoms with E-state index in [4.69, 9.17) is 0 Å². The Hall–Kier alpha value is -2.97. The minimum atomic E-state index is -4.60. The lowest BCUT2D eigenvalue weighted by atomic mass is 9.97. The van der Waals surface area contributed by atoms with E-state index in [1.807, 2.05) is 13.8 Å². The van der Waals surface area contributed by atoms with Crippen molar-refractivity contribution in [3.63, 3.8) is 0 Å². The Balaban J connectivity index is 1.83. The third-order valence-electron chi connectivity index (χ3n) is 6.52. The van der Waals surface area contributed by atoms with Gasteiger partial charge in [-0.25, -0.2) is 4.39 Å². The highest BCUT2D eigenvalue weighted by Crippen LogP contribution is 2.67. The van der Waals surface area contributed by atoms with E-state index in [1.165, 1.54) is 6.92 Å². The SMILES string of the molecule is C=C(NCC(F)(F)F)c1cc(NC(=C)C2C(c3cc(C(F)(F)F)cc(C)c3F)C2(C)C)ccc1C. The van der Waals surface area contributed by atoms with Gasteiger partial charge in [0.15, 0.2) is 0 Å². The van der Waals surface area contributed by atoms with Crippen molar-refractivity contribution in [1.82, 2.24) is 5.32 Å². The molecule has 0 amide bonds. The topological polar surface area (TPSA) is 24.1 Å². The molecule has 2 atom stereocenters. The Morgan fingerprint density at radius 2 is 1.60 bits per heavy atom. The maximum Gasteiger partial charge on any atom is 0.416 e. The fourth-order valence-corrected chi connectivity index (χ4v) is 4.65. The van der Waals surface area contributed by atoms with Gasteiger partial charge in [-0.05, 0) is 60.2 Å². The molecule has 1 fully saturated rings. The lowest BCUT2D eigenvalue weighted by Gasteiger charge is -2.17. The molecule has 0 spiro atoms. The Labute approximate surface area is 199 Å². The average molecular weight is 501 g/mol. The van der Waals surface area contributed by atoms with E-state index in [9.17, 15) is 30.7 Å². The Morgan fingerprint density at radius 1 is 0.971 bits per heavy atom. The molecule has 0 bridgehead atoms. The molecule has 1 aliphatic rings. The van der Waals surface area contributed by atoms with Crippen LogP contribution in [0.15, 0.2) is 49.2 Å². The van der Waals surface area contributed by atoms with Gasteiger partial charge in [0, 0.05) is 34.5 Å². The molecule has 190 valence electrons. The molecule has 0 radical (unpaired) electrons. The molecule has 2 unspecified atom stereocenters. The zero-order valence-corrected chi connectivity index (χ0v) is 19.8. The largest absolute Gasteiger partial charge is 0.416 e. The molecule has 2 N–H and O–H groups in total. The highest BCUT2D eigenvalue weighted by atomic mass is 19.4. The molecule has 2 nitrogen and oxygen atoms in total. The molecule has 2 aromatic carbocycles. The van der Waals surface area contributed by atoms with Gasteiger partial charge in [-0.2, -0.15) is 26.3 Å². The van der Waals surface area contributed by atoms with Gasteiger partial charge < -0.3 is 10.6 Å². The lowest BCUT2D eigenvalue weighted by Crippen LogP contribution is -2.27. The van der Waals surface area contributed by atoms with Crippen LogP contribution in [0.4, 0.5) is 36.4 Å². The van der Waals surface area contributed by atoms with Crippen LogP contribution in [0.5, 0.6) is 0 Å². The van der Waals surface area contributed by atoms with E-state index in [1.54, 1.807) is 25.1 Å². The summed E-state index contributed by atoms with van der Waals surface area (Å²) >= 11 is 0. The molecular weight excluding hydrogens is 473 g/mol. The summed E-state index contributed by atoms with van der Waals surface area (Å²) in [4.78, 5) is 0. The van der Waals surface area contributed by atoms with Crippen molar-refractivity contribution in [2.24, 2.45) is 11.3 Å². The highest BCUT2D eigenvalue weighted by molar-refractivity contribution is 5.69. The molecule has 0 aliphatic heterocycles. The molecule has 2 aromatic rings. The summed E-state index contributed by atoms with van der Waals surface area (Å²) in [5.41, 5.74) is 0.704. The predicted molar refractivity (Wildman–Crippen MR) is 123 cm³/mol. The van der Waals surface area contributed by atoms with Gasteiger partial charge in [0.1, 0.15) is 12.4 Å². The van der Waals surface area contributed by atoms with Gasteiger partial charge in [0.2, 0.25) is 0 Å². The van der Waals surface area contributed by atoms with E-state index in [0.717, 1.165) is 12.1 Å². The van der Waals surface area contributed by atoms with Crippen LogP contribution in [-0.2, 0) is 6.18 Å². The molecule has 0 saturated heterocycles. The quantitative estimate of drug-likeness (QED) is 0.377. The molecule has 0 heterocycles. The summed E-state index contributed by atoms with van der Waals surface area (Å²) in [5, 5.41) is 5.37. The van der Waals surface area contributed by atoms with Gasteiger partial charge in [-0.1, -0.05) is 33.1 Å². The summed E-state index contributed by atoms with van der Waals surface area (Å²) in [5.74, 6) is -1.57. The van der Waals surface area contributed by atoms with Crippen molar-refractivity contribution in [3.05, 3.63) is 82.8 Å². The van der Waals surface area contributed by atoms with Crippen molar-refractivity contribution < 1.29 is 30.7 Å². The van der Waals surface area contributed by atoms with Crippen LogP contribution in [0.25, 0.3) is 5.70 Å².